The average molecular weight is 354 g/mol. The zero-order valence-corrected chi connectivity index (χ0v) is 14.7. The molecular formula is C18H22N6O2. The molecule has 136 valence electrons. The van der Waals surface area contributed by atoms with Crippen LogP contribution < -0.4 is 5.32 Å². The van der Waals surface area contributed by atoms with Gasteiger partial charge in [0, 0.05) is 50.6 Å². The number of aryl methyl sites for hydroxylation is 1. The van der Waals surface area contributed by atoms with Crippen LogP contribution in [0.3, 0.4) is 0 Å². The van der Waals surface area contributed by atoms with Crippen molar-refractivity contribution in [3.8, 4) is 0 Å². The lowest BCUT2D eigenvalue weighted by molar-refractivity contribution is -0.140. The van der Waals surface area contributed by atoms with E-state index in [4.69, 9.17) is 0 Å². The Morgan fingerprint density at radius 1 is 1.27 bits per heavy atom. The molecule has 0 bridgehead atoms. The van der Waals surface area contributed by atoms with Crippen LogP contribution in [0.4, 0.5) is 0 Å². The highest BCUT2D eigenvalue weighted by Crippen LogP contribution is 2.42. The lowest BCUT2D eigenvalue weighted by Gasteiger charge is -2.41. The molecule has 0 radical (unpaired) electrons. The molecule has 8 nitrogen and oxygen atoms in total. The van der Waals surface area contributed by atoms with Crippen LogP contribution in [-0.4, -0.2) is 48.8 Å². The highest BCUT2D eigenvalue weighted by atomic mass is 16.2. The molecule has 8 heteroatoms. The maximum Gasteiger partial charge on any atom is 0.270 e. The van der Waals surface area contributed by atoms with E-state index in [-0.39, 0.29) is 23.8 Å². The van der Waals surface area contributed by atoms with Crippen molar-refractivity contribution in [1.82, 2.24) is 29.7 Å². The first kappa shape index (κ1) is 16.7. The number of carbonyl (C=O) groups excluding carboxylic acids is 2. The maximum atomic E-state index is 12.6. The van der Waals surface area contributed by atoms with Gasteiger partial charge in [-0.3, -0.25) is 9.59 Å². The Balaban J connectivity index is 1.54. The number of rotatable bonds is 5. The van der Waals surface area contributed by atoms with Crippen molar-refractivity contribution in [2.45, 2.75) is 37.8 Å². The standard InChI is InChI=1S/C18H22N6O2/c1-23-9-8-20-17(23)16-12(2-5-15(25)24(16)13-3-4-13)10-21-18(26)14-6-7-19-11-22-14/h6-9,11-13,16H,2-5,10H2,1H3,(H,21,26)/t12-,16+/m1/s1. The monoisotopic (exact) mass is 354 g/mol. The number of carbonyl (C=O) groups is 2. The van der Waals surface area contributed by atoms with Crippen molar-refractivity contribution in [2.24, 2.45) is 13.0 Å². The summed E-state index contributed by atoms with van der Waals surface area (Å²) in [6, 6.07) is 1.80. The Bertz CT molecular complexity index is 801. The third kappa shape index (κ3) is 3.18. The van der Waals surface area contributed by atoms with Crippen molar-refractivity contribution in [2.75, 3.05) is 6.54 Å². The molecule has 2 aliphatic rings. The number of hydrogen-bond donors (Lipinski definition) is 1. The second kappa shape index (κ2) is 6.86. The highest BCUT2D eigenvalue weighted by molar-refractivity contribution is 5.92. The van der Waals surface area contributed by atoms with E-state index < -0.39 is 0 Å². The minimum Gasteiger partial charge on any atom is -0.350 e. The van der Waals surface area contributed by atoms with Gasteiger partial charge in [-0.1, -0.05) is 0 Å². The van der Waals surface area contributed by atoms with Crippen molar-refractivity contribution in [1.29, 1.82) is 0 Å². The lowest BCUT2D eigenvalue weighted by Crippen LogP contribution is -2.48. The molecule has 2 aromatic heterocycles. The second-order valence-electron chi connectivity index (χ2n) is 6.98. The van der Waals surface area contributed by atoms with Crippen LogP contribution in [-0.2, 0) is 11.8 Å². The van der Waals surface area contributed by atoms with Crippen LogP contribution in [0.1, 0.15) is 48.0 Å². The topological polar surface area (TPSA) is 93.0 Å². The van der Waals surface area contributed by atoms with Crippen LogP contribution in [0.5, 0.6) is 0 Å². The molecule has 2 atom stereocenters. The fourth-order valence-corrected chi connectivity index (χ4v) is 3.71. The largest absolute Gasteiger partial charge is 0.350 e. The summed E-state index contributed by atoms with van der Waals surface area (Å²) in [5.74, 6) is 0.978. The summed E-state index contributed by atoms with van der Waals surface area (Å²) in [5, 5.41) is 2.97. The Kier molecular flexibility index (Phi) is 4.40. The smallest absolute Gasteiger partial charge is 0.270 e. The molecule has 0 aromatic carbocycles. The number of aromatic nitrogens is 4. The summed E-state index contributed by atoms with van der Waals surface area (Å²) in [4.78, 5) is 39.3. The Morgan fingerprint density at radius 2 is 2.12 bits per heavy atom. The molecule has 4 rings (SSSR count). The maximum absolute atomic E-state index is 12.6. The van der Waals surface area contributed by atoms with Crippen LogP contribution in [0.2, 0.25) is 0 Å². The van der Waals surface area contributed by atoms with E-state index in [0.717, 1.165) is 25.1 Å². The Morgan fingerprint density at radius 3 is 2.77 bits per heavy atom. The number of hydrogen-bond acceptors (Lipinski definition) is 5. The van der Waals surface area contributed by atoms with Crippen molar-refractivity contribution in [3.05, 3.63) is 42.5 Å². The molecule has 1 aliphatic heterocycles. The Hall–Kier alpha value is -2.77. The van der Waals surface area contributed by atoms with E-state index in [2.05, 4.69) is 20.3 Å². The summed E-state index contributed by atoms with van der Waals surface area (Å²) in [5.41, 5.74) is 0.347. The molecule has 0 spiro atoms. The summed E-state index contributed by atoms with van der Waals surface area (Å²) in [6.45, 7) is 0.483. The summed E-state index contributed by atoms with van der Waals surface area (Å²) in [7, 11) is 1.95. The van der Waals surface area contributed by atoms with Gasteiger partial charge in [-0.05, 0) is 25.3 Å². The predicted molar refractivity (Wildman–Crippen MR) is 92.9 cm³/mol. The molecule has 1 aliphatic carbocycles. The summed E-state index contributed by atoms with van der Waals surface area (Å²) in [6.07, 6.45) is 9.92. The van der Waals surface area contributed by atoms with E-state index in [1.807, 2.05) is 22.7 Å². The van der Waals surface area contributed by atoms with Crippen LogP contribution in [0, 0.1) is 5.92 Å². The van der Waals surface area contributed by atoms with Gasteiger partial charge in [0.25, 0.3) is 5.91 Å². The number of likely N-dealkylation sites (tertiary alicyclic amines) is 1. The van der Waals surface area contributed by atoms with E-state index >= 15 is 0 Å². The first-order valence-corrected chi connectivity index (χ1v) is 8.97. The SMILES string of the molecule is Cn1ccnc1[C@@H]1[C@@H](CNC(=O)c2ccncn2)CCC(=O)N1C1CC1. The quantitative estimate of drug-likeness (QED) is 0.867. The number of imidazole rings is 1. The molecule has 2 fully saturated rings. The van der Waals surface area contributed by atoms with Crippen molar-refractivity contribution >= 4 is 11.8 Å². The second-order valence-corrected chi connectivity index (χ2v) is 6.98. The van der Waals surface area contributed by atoms with E-state index in [9.17, 15) is 9.59 Å². The van der Waals surface area contributed by atoms with Gasteiger partial charge in [-0.15, -0.1) is 0 Å². The molecule has 1 saturated carbocycles. The highest BCUT2D eigenvalue weighted by Gasteiger charge is 2.45. The average Bonchev–Trinajstić information content (AvgIpc) is 3.41. The minimum atomic E-state index is -0.221. The molecule has 2 aromatic rings. The number of nitrogens with zero attached hydrogens (tertiary/aromatic N) is 5. The van der Waals surface area contributed by atoms with Gasteiger partial charge in [0.2, 0.25) is 5.91 Å². The van der Waals surface area contributed by atoms with Crippen LogP contribution >= 0.6 is 0 Å². The van der Waals surface area contributed by atoms with E-state index in [0.29, 0.717) is 24.7 Å². The van der Waals surface area contributed by atoms with Gasteiger partial charge < -0.3 is 14.8 Å². The van der Waals surface area contributed by atoms with Crippen LogP contribution in [0.15, 0.2) is 31.0 Å². The summed E-state index contributed by atoms with van der Waals surface area (Å²) >= 11 is 0. The third-order valence-electron chi connectivity index (χ3n) is 5.17. The molecule has 2 amide bonds. The van der Waals surface area contributed by atoms with Crippen LogP contribution in [0.25, 0.3) is 0 Å². The van der Waals surface area contributed by atoms with Gasteiger partial charge in [-0.2, -0.15) is 0 Å². The molecule has 26 heavy (non-hydrogen) atoms. The van der Waals surface area contributed by atoms with Gasteiger partial charge in [0.05, 0.1) is 6.04 Å². The number of amides is 2. The van der Waals surface area contributed by atoms with E-state index in [1.165, 1.54) is 6.33 Å². The third-order valence-corrected chi connectivity index (χ3v) is 5.17. The van der Waals surface area contributed by atoms with Gasteiger partial charge in [0.15, 0.2) is 0 Å². The molecule has 0 unspecified atom stereocenters. The first-order chi connectivity index (χ1) is 12.6. The van der Waals surface area contributed by atoms with Crippen molar-refractivity contribution < 1.29 is 9.59 Å². The molecule has 1 N–H and O–H groups in total. The number of piperidine rings is 1. The first-order valence-electron chi connectivity index (χ1n) is 8.97. The molecule has 3 heterocycles. The lowest BCUT2D eigenvalue weighted by atomic mass is 9.87. The Labute approximate surface area is 151 Å². The minimum absolute atomic E-state index is 0.102. The molecule has 1 saturated heterocycles. The van der Waals surface area contributed by atoms with Gasteiger partial charge in [0.1, 0.15) is 17.8 Å². The summed E-state index contributed by atoms with van der Waals surface area (Å²) < 4.78 is 1.97. The zero-order valence-electron chi connectivity index (χ0n) is 14.7. The normalized spacial score (nSPS) is 23.1. The van der Waals surface area contributed by atoms with Gasteiger partial charge >= 0.3 is 0 Å². The fourth-order valence-electron chi connectivity index (χ4n) is 3.71. The number of nitrogens with one attached hydrogen (secondary N) is 1. The van der Waals surface area contributed by atoms with Crippen molar-refractivity contribution in [3.63, 3.8) is 0 Å². The molecular weight excluding hydrogens is 332 g/mol. The predicted octanol–water partition coefficient (Wildman–Crippen LogP) is 1.08. The van der Waals surface area contributed by atoms with E-state index in [1.54, 1.807) is 18.5 Å². The fraction of sp³-hybridized carbons (Fsp3) is 0.500. The zero-order chi connectivity index (χ0) is 18.1. The van der Waals surface area contributed by atoms with Gasteiger partial charge in [-0.25, -0.2) is 15.0 Å².